The maximum atomic E-state index is 8.96. The van der Waals surface area contributed by atoms with Gasteiger partial charge in [-0.15, -0.1) is 0 Å². The van der Waals surface area contributed by atoms with Crippen molar-refractivity contribution in [3.8, 4) is 11.8 Å². The van der Waals surface area contributed by atoms with Crippen molar-refractivity contribution < 1.29 is 4.74 Å². The fourth-order valence-electron chi connectivity index (χ4n) is 1.92. The molecule has 0 aromatic heterocycles. The molecule has 1 aromatic carbocycles. The molecule has 110 valence electrons. The summed E-state index contributed by atoms with van der Waals surface area (Å²) in [5.41, 5.74) is 6.71. The van der Waals surface area contributed by atoms with Crippen LogP contribution >= 0.6 is 15.9 Å². The summed E-state index contributed by atoms with van der Waals surface area (Å²) in [6, 6.07) is 8.19. The monoisotopic (exact) mass is 338 g/mol. The van der Waals surface area contributed by atoms with Crippen LogP contribution in [0.15, 0.2) is 22.7 Å². The molecule has 0 unspecified atom stereocenters. The average molecular weight is 339 g/mol. The third-order valence-electron chi connectivity index (χ3n) is 3.22. The molecule has 1 aromatic rings. The van der Waals surface area contributed by atoms with Gasteiger partial charge in [-0.3, -0.25) is 0 Å². The fraction of sp³-hybridized carbons (Fsp3) is 0.562. The molecule has 0 saturated heterocycles. The van der Waals surface area contributed by atoms with Gasteiger partial charge in [0.05, 0.1) is 18.1 Å². The van der Waals surface area contributed by atoms with E-state index in [1.807, 2.05) is 39.0 Å². The van der Waals surface area contributed by atoms with Gasteiger partial charge in [0.15, 0.2) is 0 Å². The second-order valence-electron chi connectivity index (χ2n) is 5.77. The summed E-state index contributed by atoms with van der Waals surface area (Å²) < 4.78 is 6.82. The van der Waals surface area contributed by atoms with Crippen LogP contribution in [0.2, 0.25) is 0 Å². The van der Waals surface area contributed by atoms with E-state index in [0.29, 0.717) is 6.61 Å². The lowest BCUT2D eigenvalue weighted by molar-refractivity contribution is 0.291. The first kappa shape index (κ1) is 17.0. The van der Waals surface area contributed by atoms with Crippen molar-refractivity contribution in [2.24, 2.45) is 11.1 Å². The number of rotatable bonds is 7. The number of benzene rings is 1. The third-order valence-corrected chi connectivity index (χ3v) is 3.72. The van der Waals surface area contributed by atoms with Gasteiger partial charge in [-0.1, -0.05) is 22.0 Å². The summed E-state index contributed by atoms with van der Waals surface area (Å²) in [6.07, 6.45) is 2.82. The topological polar surface area (TPSA) is 59.0 Å². The average Bonchev–Trinajstić information content (AvgIpc) is 2.38. The van der Waals surface area contributed by atoms with Crippen molar-refractivity contribution >= 4 is 15.9 Å². The minimum atomic E-state index is -0.243. The standard InChI is InChI=1S/C16H23BrN2O/c1-12(19)14-7-6-13(17)10-15(14)20-9-5-4-8-16(2,3)11-18/h6-7,10,12H,4-5,8-9,19H2,1-3H3/t12-/m1/s1. The molecule has 1 rings (SSSR count). The molecule has 1 atom stereocenters. The molecule has 0 amide bonds. The number of nitrogens with two attached hydrogens (primary N) is 1. The summed E-state index contributed by atoms with van der Waals surface area (Å²) in [5, 5.41) is 8.96. The van der Waals surface area contributed by atoms with E-state index >= 15 is 0 Å². The Morgan fingerprint density at radius 3 is 2.70 bits per heavy atom. The van der Waals surface area contributed by atoms with Gasteiger partial charge < -0.3 is 10.5 Å². The van der Waals surface area contributed by atoms with Crippen LogP contribution in [0.3, 0.4) is 0 Å². The Hall–Kier alpha value is -1.05. The minimum absolute atomic E-state index is 0.0457. The Bertz CT molecular complexity index is 478. The lowest BCUT2D eigenvalue weighted by atomic mass is 9.89. The van der Waals surface area contributed by atoms with Gasteiger partial charge in [0.2, 0.25) is 0 Å². The minimum Gasteiger partial charge on any atom is -0.493 e. The summed E-state index contributed by atoms with van der Waals surface area (Å²) >= 11 is 3.45. The van der Waals surface area contributed by atoms with Crippen molar-refractivity contribution in [1.82, 2.24) is 0 Å². The molecule has 0 aliphatic rings. The van der Waals surface area contributed by atoms with Crippen molar-refractivity contribution in [2.45, 2.75) is 46.1 Å². The Morgan fingerprint density at radius 1 is 1.40 bits per heavy atom. The lowest BCUT2D eigenvalue weighted by Gasteiger charge is -2.16. The molecule has 20 heavy (non-hydrogen) atoms. The van der Waals surface area contributed by atoms with Crippen molar-refractivity contribution in [1.29, 1.82) is 5.26 Å². The Balaban J connectivity index is 2.46. The van der Waals surface area contributed by atoms with Gasteiger partial charge in [-0.05, 0) is 52.2 Å². The number of nitriles is 1. The quantitative estimate of drug-likeness (QED) is 0.741. The predicted molar refractivity (Wildman–Crippen MR) is 85.5 cm³/mol. The van der Waals surface area contributed by atoms with Gasteiger partial charge in [0, 0.05) is 16.1 Å². The van der Waals surface area contributed by atoms with E-state index in [0.717, 1.165) is 35.0 Å². The molecular weight excluding hydrogens is 316 g/mol. The molecule has 0 saturated carbocycles. The Morgan fingerprint density at radius 2 is 2.10 bits per heavy atom. The van der Waals surface area contributed by atoms with Crippen LogP contribution < -0.4 is 10.5 Å². The van der Waals surface area contributed by atoms with Crippen LogP contribution in [0.5, 0.6) is 5.75 Å². The van der Waals surface area contributed by atoms with E-state index in [4.69, 9.17) is 15.7 Å². The maximum Gasteiger partial charge on any atom is 0.125 e. The number of halogens is 1. The normalized spacial score (nSPS) is 12.8. The highest BCUT2D eigenvalue weighted by atomic mass is 79.9. The number of hydrogen-bond acceptors (Lipinski definition) is 3. The Kier molecular flexibility index (Phi) is 6.51. The molecule has 0 aliphatic heterocycles. The molecule has 0 radical (unpaired) electrons. The first-order chi connectivity index (χ1) is 9.35. The number of hydrogen-bond donors (Lipinski definition) is 1. The molecule has 0 heterocycles. The van der Waals surface area contributed by atoms with E-state index in [1.54, 1.807) is 0 Å². The lowest BCUT2D eigenvalue weighted by Crippen LogP contribution is -2.10. The van der Waals surface area contributed by atoms with E-state index in [-0.39, 0.29) is 11.5 Å². The highest BCUT2D eigenvalue weighted by molar-refractivity contribution is 9.10. The number of nitrogens with zero attached hydrogens (tertiary/aromatic N) is 1. The number of ether oxygens (including phenoxy) is 1. The predicted octanol–water partition coefficient (Wildman–Crippen LogP) is 4.57. The van der Waals surface area contributed by atoms with E-state index < -0.39 is 0 Å². The first-order valence-corrected chi connectivity index (χ1v) is 7.74. The van der Waals surface area contributed by atoms with E-state index in [2.05, 4.69) is 22.0 Å². The molecule has 0 fully saturated rings. The third kappa shape index (κ3) is 5.52. The molecule has 3 nitrogen and oxygen atoms in total. The SMILES string of the molecule is C[C@@H](N)c1ccc(Br)cc1OCCCCC(C)(C)C#N. The molecule has 0 bridgehead atoms. The fourth-order valence-corrected chi connectivity index (χ4v) is 2.26. The summed E-state index contributed by atoms with van der Waals surface area (Å²) in [7, 11) is 0. The second-order valence-corrected chi connectivity index (χ2v) is 6.69. The maximum absolute atomic E-state index is 8.96. The van der Waals surface area contributed by atoms with Gasteiger partial charge >= 0.3 is 0 Å². The summed E-state index contributed by atoms with van der Waals surface area (Å²) in [4.78, 5) is 0. The van der Waals surface area contributed by atoms with E-state index in [9.17, 15) is 0 Å². The molecular formula is C16H23BrN2O. The van der Waals surface area contributed by atoms with Gasteiger partial charge in [-0.25, -0.2) is 0 Å². The summed E-state index contributed by atoms with van der Waals surface area (Å²) in [5.74, 6) is 0.842. The zero-order chi connectivity index (χ0) is 15.2. The van der Waals surface area contributed by atoms with Crippen LogP contribution in [0.4, 0.5) is 0 Å². The van der Waals surface area contributed by atoms with E-state index in [1.165, 1.54) is 0 Å². The molecule has 0 spiro atoms. The van der Waals surface area contributed by atoms with Crippen LogP contribution in [-0.2, 0) is 0 Å². The zero-order valence-corrected chi connectivity index (χ0v) is 14.0. The van der Waals surface area contributed by atoms with Gasteiger partial charge in [0.1, 0.15) is 5.75 Å². The van der Waals surface area contributed by atoms with Crippen LogP contribution in [-0.4, -0.2) is 6.61 Å². The highest BCUT2D eigenvalue weighted by Crippen LogP contribution is 2.28. The van der Waals surface area contributed by atoms with Crippen molar-refractivity contribution in [2.75, 3.05) is 6.61 Å². The molecule has 0 aliphatic carbocycles. The zero-order valence-electron chi connectivity index (χ0n) is 12.4. The van der Waals surface area contributed by atoms with Gasteiger partial charge in [0.25, 0.3) is 0 Å². The molecule has 2 N–H and O–H groups in total. The summed E-state index contributed by atoms with van der Waals surface area (Å²) in [6.45, 7) is 6.54. The van der Waals surface area contributed by atoms with Gasteiger partial charge in [-0.2, -0.15) is 5.26 Å². The number of unbranched alkanes of at least 4 members (excludes halogenated alkanes) is 1. The largest absolute Gasteiger partial charge is 0.493 e. The highest BCUT2D eigenvalue weighted by Gasteiger charge is 2.15. The Labute approximate surface area is 130 Å². The van der Waals surface area contributed by atoms with Crippen LogP contribution in [0, 0.1) is 16.7 Å². The molecule has 4 heteroatoms. The van der Waals surface area contributed by atoms with Crippen LogP contribution in [0.1, 0.15) is 51.6 Å². The first-order valence-electron chi connectivity index (χ1n) is 6.95. The second kappa shape index (κ2) is 7.66. The van der Waals surface area contributed by atoms with Crippen molar-refractivity contribution in [3.05, 3.63) is 28.2 Å². The van der Waals surface area contributed by atoms with Crippen molar-refractivity contribution in [3.63, 3.8) is 0 Å². The van der Waals surface area contributed by atoms with Crippen LogP contribution in [0.25, 0.3) is 0 Å². The smallest absolute Gasteiger partial charge is 0.125 e.